The highest BCUT2D eigenvalue weighted by Crippen LogP contribution is 2.14. The number of carbonyl (C=O) groups is 1. The molecule has 0 amide bonds. The topological polar surface area (TPSA) is 35.5 Å². The Morgan fingerprint density at radius 1 is 1.39 bits per heavy atom. The number of rotatable bonds is 8. The number of carbonyl (C=O) groups excluding carboxylic acids is 1. The van der Waals surface area contributed by atoms with Gasteiger partial charge < -0.3 is 9.47 Å². The summed E-state index contributed by atoms with van der Waals surface area (Å²) in [5.74, 6) is 0.390. The van der Waals surface area contributed by atoms with Gasteiger partial charge >= 0.3 is 5.97 Å². The maximum Gasteiger partial charge on any atom is 0.330 e. The van der Waals surface area contributed by atoms with E-state index in [4.69, 9.17) is 9.47 Å². The third-order valence-corrected chi connectivity index (χ3v) is 2.50. The van der Waals surface area contributed by atoms with Crippen LogP contribution < -0.4 is 4.74 Å². The normalized spacial score (nSPS) is 11.6. The molecule has 1 aromatic rings. The molecule has 0 spiro atoms. The number of ether oxygens (including phenoxy) is 2. The van der Waals surface area contributed by atoms with E-state index >= 15 is 0 Å². The Bertz CT molecular complexity index is 359. The summed E-state index contributed by atoms with van der Waals surface area (Å²) in [6.07, 6.45) is 4.07. The number of para-hydroxylation sites is 1. The smallest absolute Gasteiger partial charge is 0.330 e. The van der Waals surface area contributed by atoms with Crippen molar-refractivity contribution in [1.29, 1.82) is 0 Å². The summed E-state index contributed by atoms with van der Waals surface area (Å²) in [6, 6.07) is 9.57. The van der Waals surface area contributed by atoms with Crippen LogP contribution in [0.1, 0.15) is 26.2 Å². The first-order valence-corrected chi connectivity index (χ1v) is 6.27. The number of hydrogen-bond acceptors (Lipinski definition) is 3. The molecule has 0 aliphatic carbocycles. The zero-order valence-electron chi connectivity index (χ0n) is 10.8. The van der Waals surface area contributed by atoms with Crippen molar-refractivity contribution < 1.29 is 14.3 Å². The van der Waals surface area contributed by atoms with Gasteiger partial charge in [-0.15, -0.1) is 0 Å². The number of hydrogen-bond donors (Lipinski definition) is 0. The fourth-order valence-electron chi connectivity index (χ4n) is 1.53. The standard InChI is InChI=1S/C15H20O3/c1-3-5-9-14(12-17-15(16)4-2)18-13-10-7-6-8-11-13/h4,6-8,10-11,14H,2-3,5,9,12H2,1H3. The van der Waals surface area contributed by atoms with Gasteiger partial charge in [-0.05, 0) is 25.0 Å². The van der Waals surface area contributed by atoms with E-state index in [0.29, 0.717) is 0 Å². The van der Waals surface area contributed by atoms with Gasteiger partial charge in [0.15, 0.2) is 0 Å². The minimum Gasteiger partial charge on any atom is -0.487 e. The fourth-order valence-corrected chi connectivity index (χ4v) is 1.53. The highest BCUT2D eigenvalue weighted by molar-refractivity contribution is 5.81. The Morgan fingerprint density at radius 2 is 2.11 bits per heavy atom. The first-order chi connectivity index (χ1) is 8.76. The molecular formula is C15H20O3. The predicted molar refractivity (Wildman–Crippen MR) is 71.5 cm³/mol. The molecule has 98 valence electrons. The second kappa shape index (κ2) is 8.34. The summed E-state index contributed by atoms with van der Waals surface area (Å²) in [5, 5.41) is 0. The molecule has 0 saturated heterocycles. The van der Waals surface area contributed by atoms with E-state index in [0.717, 1.165) is 25.0 Å². The van der Waals surface area contributed by atoms with Gasteiger partial charge in [0.25, 0.3) is 0 Å². The minimum absolute atomic E-state index is 0.101. The molecule has 18 heavy (non-hydrogen) atoms. The highest BCUT2D eigenvalue weighted by atomic mass is 16.6. The molecule has 0 fully saturated rings. The molecule has 0 aromatic heterocycles. The molecule has 0 saturated carbocycles. The molecule has 0 N–H and O–H groups in total. The second-order valence-corrected chi connectivity index (χ2v) is 4.03. The molecule has 1 atom stereocenters. The third kappa shape index (κ3) is 5.53. The molecule has 0 aliphatic heterocycles. The van der Waals surface area contributed by atoms with Gasteiger partial charge in [0.2, 0.25) is 0 Å². The largest absolute Gasteiger partial charge is 0.487 e. The van der Waals surface area contributed by atoms with Crippen molar-refractivity contribution in [2.24, 2.45) is 0 Å². The number of unbranched alkanes of at least 4 members (excludes halogenated alkanes) is 1. The van der Waals surface area contributed by atoms with Crippen molar-refractivity contribution in [3.8, 4) is 5.75 Å². The van der Waals surface area contributed by atoms with Gasteiger partial charge in [-0.1, -0.05) is 38.1 Å². The van der Waals surface area contributed by atoms with Crippen LogP contribution in [0.4, 0.5) is 0 Å². The van der Waals surface area contributed by atoms with Crippen LogP contribution in [0.25, 0.3) is 0 Å². The summed E-state index contributed by atoms with van der Waals surface area (Å²) in [4.78, 5) is 11.0. The van der Waals surface area contributed by atoms with Crippen molar-refractivity contribution in [3.63, 3.8) is 0 Å². The SMILES string of the molecule is C=CC(=O)OCC(CCCC)Oc1ccccc1. The Kier molecular flexibility index (Phi) is 6.62. The molecule has 3 nitrogen and oxygen atoms in total. The van der Waals surface area contributed by atoms with Crippen LogP contribution in [-0.4, -0.2) is 18.7 Å². The summed E-state index contributed by atoms with van der Waals surface area (Å²) >= 11 is 0. The lowest BCUT2D eigenvalue weighted by molar-refractivity contribution is -0.140. The minimum atomic E-state index is -0.409. The van der Waals surface area contributed by atoms with Gasteiger partial charge in [-0.3, -0.25) is 0 Å². The first-order valence-electron chi connectivity index (χ1n) is 6.27. The van der Waals surface area contributed by atoms with Crippen LogP contribution in [0, 0.1) is 0 Å². The first kappa shape index (κ1) is 14.3. The van der Waals surface area contributed by atoms with Crippen molar-refractivity contribution >= 4 is 5.97 Å². The van der Waals surface area contributed by atoms with Gasteiger partial charge in [0, 0.05) is 6.08 Å². The van der Waals surface area contributed by atoms with E-state index in [2.05, 4.69) is 13.5 Å². The molecule has 3 heteroatoms. The van der Waals surface area contributed by atoms with Crippen molar-refractivity contribution in [2.45, 2.75) is 32.3 Å². The summed E-state index contributed by atoms with van der Waals surface area (Å²) < 4.78 is 10.8. The predicted octanol–water partition coefficient (Wildman–Crippen LogP) is 3.35. The molecule has 1 aromatic carbocycles. The lowest BCUT2D eigenvalue weighted by Gasteiger charge is -2.18. The van der Waals surface area contributed by atoms with E-state index in [1.54, 1.807) is 0 Å². The number of benzene rings is 1. The second-order valence-electron chi connectivity index (χ2n) is 4.03. The lowest BCUT2D eigenvalue weighted by atomic mass is 10.2. The highest BCUT2D eigenvalue weighted by Gasteiger charge is 2.12. The molecule has 1 rings (SSSR count). The monoisotopic (exact) mass is 248 g/mol. The summed E-state index contributed by atoms with van der Waals surface area (Å²) in [5.41, 5.74) is 0. The van der Waals surface area contributed by atoms with Crippen LogP contribution in [0.2, 0.25) is 0 Å². The maximum absolute atomic E-state index is 11.0. The lowest BCUT2D eigenvalue weighted by Crippen LogP contribution is -2.24. The zero-order valence-corrected chi connectivity index (χ0v) is 10.8. The van der Waals surface area contributed by atoms with E-state index in [-0.39, 0.29) is 12.7 Å². The van der Waals surface area contributed by atoms with Gasteiger partial charge in [-0.25, -0.2) is 4.79 Å². The van der Waals surface area contributed by atoms with Crippen molar-refractivity contribution in [1.82, 2.24) is 0 Å². The molecule has 0 bridgehead atoms. The third-order valence-electron chi connectivity index (χ3n) is 2.50. The maximum atomic E-state index is 11.0. The summed E-state index contributed by atoms with van der Waals surface area (Å²) in [6.45, 7) is 5.75. The van der Waals surface area contributed by atoms with Crippen LogP contribution in [0.3, 0.4) is 0 Å². The zero-order chi connectivity index (χ0) is 13.2. The Morgan fingerprint density at radius 3 is 2.72 bits per heavy atom. The quantitative estimate of drug-likeness (QED) is 0.523. The fraction of sp³-hybridized carbons (Fsp3) is 0.400. The van der Waals surface area contributed by atoms with E-state index < -0.39 is 5.97 Å². The molecule has 1 unspecified atom stereocenters. The Hall–Kier alpha value is -1.77. The van der Waals surface area contributed by atoms with Crippen LogP contribution in [0.5, 0.6) is 5.75 Å². The van der Waals surface area contributed by atoms with Crippen LogP contribution in [0.15, 0.2) is 43.0 Å². The van der Waals surface area contributed by atoms with Crippen LogP contribution in [-0.2, 0) is 9.53 Å². The number of esters is 1. The molecule has 0 radical (unpaired) electrons. The van der Waals surface area contributed by atoms with Crippen LogP contribution >= 0.6 is 0 Å². The molecule has 0 aliphatic rings. The van der Waals surface area contributed by atoms with Crippen molar-refractivity contribution in [2.75, 3.05) is 6.61 Å². The van der Waals surface area contributed by atoms with Gasteiger partial charge in [0.05, 0.1) is 0 Å². The summed E-state index contributed by atoms with van der Waals surface area (Å²) in [7, 11) is 0. The van der Waals surface area contributed by atoms with E-state index in [9.17, 15) is 4.79 Å². The Balaban J connectivity index is 2.49. The van der Waals surface area contributed by atoms with E-state index in [1.165, 1.54) is 6.08 Å². The average molecular weight is 248 g/mol. The van der Waals surface area contributed by atoms with Crippen molar-refractivity contribution in [3.05, 3.63) is 43.0 Å². The Labute approximate surface area is 108 Å². The average Bonchev–Trinajstić information content (AvgIpc) is 2.42. The van der Waals surface area contributed by atoms with Gasteiger partial charge in [0.1, 0.15) is 18.5 Å². The molecular weight excluding hydrogens is 228 g/mol. The molecule has 0 heterocycles. The van der Waals surface area contributed by atoms with Gasteiger partial charge in [-0.2, -0.15) is 0 Å². The van der Waals surface area contributed by atoms with E-state index in [1.807, 2.05) is 30.3 Å².